The molecule has 1 unspecified atom stereocenters. The summed E-state index contributed by atoms with van der Waals surface area (Å²) in [4.78, 5) is 11.3. The molecule has 1 N–H and O–H groups in total. The van der Waals surface area contributed by atoms with Crippen molar-refractivity contribution in [2.75, 3.05) is 0 Å². The van der Waals surface area contributed by atoms with E-state index in [4.69, 9.17) is 0 Å². The molecule has 9 heteroatoms. The average Bonchev–Trinajstić information content (AvgIpc) is 2.92. The Bertz CT molecular complexity index is 652. The molecule has 0 radical (unpaired) electrons. The molecule has 2 rings (SSSR count). The summed E-state index contributed by atoms with van der Waals surface area (Å²) < 4.78 is 38.8. The van der Waals surface area contributed by atoms with Crippen molar-refractivity contribution in [3.63, 3.8) is 0 Å². The molecular weight excluding hydrogens is 301 g/mol. The number of carbonyl (C=O) groups is 1. The Morgan fingerprint density at radius 1 is 1.32 bits per heavy atom. The summed E-state index contributed by atoms with van der Waals surface area (Å²) in [5, 5.41) is 20.0. The minimum Gasteiger partial charge on any atom is -0.480 e. The number of benzene rings is 1. The molecule has 1 heterocycles. The zero-order chi connectivity index (χ0) is 16.3. The lowest BCUT2D eigenvalue weighted by molar-refractivity contribution is -0.141. The van der Waals surface area contributed by atoms with Gasteiger partial charge >= 0.3 is 12.1 Å². The Labute approximate surface area is 123 Å². The fourth-order valence-corrected chi connectivity index (χ4v) is 2.03. The lowest BCUT2D eigenvalue weighted by atomic mass is 10.1. The van der Waals surface area contributed by atoms with Crippen LogP contribution in [0.1, 0.15) is 31.4 Å². The second kappa shape index (κ2) is 6.12. The predicted molar refractivity (Wildman–Crippen MR) is 69.8 cm³/mol. The third kappa shape index (κ3) is 3.23. The van der Waals surface area contributed by atoms with Crippen LogP contribution in [-0.2, 0) is 11.0 Å². The van der Waals surface area contributed by atoms with E-state index in [1.54, 1.807) is 0 Å². The van der Waals surface area contributed by atoms with Crippen molar-refractivity contribution in [3.05, 3.63) is 29.8 Å². The highest BCUT2D eigenvalue weighted by Gasteiger charge is 2.30. The van der Waals surface area contributed by atoms with E-state index < -0.39 is 23.8 Å². The van der Waals surface area contributed by atoms with E-state index in [9.17, 15) is 23.1 Å². The number of carboxylic acid groups (broad SMARTS) is 1. The fraction of sp³-hybridized carbons (Fsp3) is 0.385. The Morgan fingerprint density at radius 2 is 1.95 bits per heavy atom. The van der Waals surface area contributed by atoms with Gasteiger partial charge in [-0.3, -0.25) is 0 Å². The van der Waals surface area contributed by atoms with Crippen LogP contribution in [0.4, 0.5) is 13.2 Å². The van der Waals surface area contributed by atoms with Gasteiger partial charge in [0.05, 0.1) is 5.56 Å². The van der Waals surface area contributed by atoms with Gasteiger partial charge in [-0.1, -0.05) is 25.5 Å². The van der Waals surface area contributed by atoms with Crippen molar-refractivity contribution >= 4 is 5.97 Å². The zero-order valence-corrected chi connectivity index (χ0v) is 11.6. The number of halogens is 3. The molecule has 118 valence electrons. The van der Waals surface area contributed by atoms with Crippen LogP contribution in [-0.4, -0.2) is 31.3 Å². The molecule has 0 aliphatic heterocycles. The number of nitrogens with zero attached hydrogens (tertiary/aromatic N) is 4. The molecule has 1 aromatic heterocycles. The molecule has 1 aromatic carbocycles. The summed E-state index contributed by atoms with van der Waals surface area (Å²) in [5.41, 5.74) is -0.473. The first-order valence-electron chi connectivity index (χ1n) is 6.53. The average molecular weight is 314 g/mol. The number of aromatic nitrogens is 4. The van der Waals surface area contributed by atoms with Crippen LogP contribution in [0.25, 0.3) is 11.4 Å². The number of alkyl halides is 3. The first kappa shape index (κ1) is 15.9. The molecular formula is C13H13F3N4O2. The summed E-state index contributed by atoms with van der Waals surface area (Å²) >= 11 is 0. The van der Waals surface area contributed by atoms with Crippen molar-refractivity contribution in [2.45, 2.75) is 32.0 Å². The number of hydrogen-bond donors (Lipinski definition) is 1. The molecule has 22 heavy (non-hydrogen) atoms. The highest BCUT2D eigenvalue weighted by atomic mass is 19.4. The van der Waals surface area contributed by atoms with Crippen LogP contribution in [0.3, 0.4) is 0 Å². The molecule has 0 bridgehead atoms. The maximum Gasteiger partial charge on any atom is 0.416 e. The molecule has 0 saturated heterocycles. The van der Waals surface area contributed by atoms with Crippen LogP contribution in [0.5, 0.6) is 0 Å². The van der Waals surface area contributed by atoms with Crippen LogP contribution < -0.4 is 0 Å². The lowest BCUT2D eigenvalue weighted by Crippen LogP contribution is -2.21. The van der Waals surface area contributed by atoms with Gasteiger partial charge in [0.2, 0.25) is 0 Å². The van der Waals surface area contributed by atoms with Crippen LogP contribution >= 0.6 is 0 Å². The molecule has 6 nitrogen and oxygen atoms in total. The smallest absolute Gasteiger partial charge is 0.416 e. The molecule has 0 fully saturated rings. The van der Waals surface area contributed by atoms with Gasteiger partial charge < -0.3 is 5.11 Å². The third-order valence-electron chi connectivity index (χ3n) is 3.11. The van der Waals surface area contributed by atoms with E-state index in [2.05, 4.69) is 15.5 Å². The van der Waals surface area contributed by atoms with Gasteiger partial charge in [0.25, 0.3) is 0 Å². The van der Waals surface area contributed by atoms with Crippen molar-refractivity contribution in [2.24, 2.45) is 0 Å². The minimum absolute atomic E-state index is 0.120. The Kier molecular flexibility index (Phi) is 4.43. The van der Waals surface area contributed by atoms with Gasteiger partial charge in [0.15, 0.2) is 11.9 Å². The SMILES string of the molecule is CCCC(C(=O)O)n1nnnc1-c1ccc(C(F)(F)F)cc1. The van der Waals surface area contributed by atoms with E-state index in [0.29, 0.717) is 18.4 Å². The summed E-state index contributed by atoms with van der Waals surface area (Å²) in [7, 11) is 0. The van der Waals surface area contributed by atoms with Gasteiger partial charge in [0, 0.05) is 5.56 Å². The van der Waals surface area contributed by atoms with E-state index in [0.717, 1.165) is 16.8 Å². The molecule has 0 spiro atoms. The first-order valence-corrected chi connectivity index (χ1v) is 6.53. The fourth-order valence-electron chi connectivity index (χ4n) is 2.03. The highest BCUT2D eigenvalue weighted by molar-refractivity contribution is 5.72. The standard InChI is InChI=1S/C13H13F3N4O2/c1-2-3-10(12(21)22)20-11(17-18-19-20)8-4-6-9(7-5-8)13(14,15)16/h4-7,10H,2-3H2,1H3,(H,21,22). The Hall–Kier alpha value is -2.45. The maximum absolute atomic E-state index is 12.6. The van der Waals surface area contributed by atoms with E-state index >= 15 is 0 Å². The maximum atomic E-state index is 12.6. The van der Waals surface area contributed by atoms with Gasteiger partial charge in [-0.15, -0.1) is 5.10 Å². The molecule has 0 aliphatic rings. The van der Waals surface area contributed by atoms with Crippen molar-refractivity contribution < 1.29 is 23.1 Å². The lowest BCUT2D eigenvalue weighted by Gasteiger charge is -2.13. The van der Waals surface area contributed by atoms with Gasteiger partial charge in [-0.05, 0) is 29.0 Å². The quantitative estimate of drug-likeness (QED) is 0.918. The Balaban J connectivity index is 2.38. The molecule has 0 aliphatic carbocycles. The second-order valence-corrected chi connectivity index (χ2v) is 4.66. The van der Waals surface area contributed by atoms with Gasteiger partial charge in [-0.25, -0.2) is 9.48 Å². The zero-order valence-electron chi connectivity index (χ0n) is 11.6. The van der Waals surface area contributed by atoms with Gasteiger partial charge in [0.1, 0.15) is 0 Å². The third-order valence-corrected chi connectivity index (χ3v) is 3.11. The van der Waals surface area contributed by atoms with Crippen LogP contribution in [0, 0.1) is 0 Å². The summed E-state index contributed by atoms with van der Waals surface area (Å²) in [6.07, 6.45) is -3.52. The van der Waals surface area contributed by atoms with Crippen molar-refractivity contribution in [3.8, 4) is 11.4 Å². The number of hydrogen-bond acceptors (Lipinski definition) is 4. The topological polar surface area (TPSA) is 80.9 Å². The minimum atomic E-state index is -4.43. The normalized spacial score (nSPS) is 13.1. The number of rotatable bonds is 5. The number of carboxylic acids is 1. The van der Waals surface area contributed by atoms with Crippen molar-refractivity contribution in [1.29, 1.82) is 0 Å². The van der Waals surface area contributed by atoms with E-state index in [1.807, 2.05) is 6.92 Å². The number of aliphatic carboxylic acids is 1. The molecule has 0 amide bonds. The van der Waals surface area contributed by atoms with Crippen molar-refractivity contribution in [1.82, 2.24) is 20.2 Å². The Morgan fingerprint density at radius 3 is 2.45 bits per heavy atom. The second-order valence-electron chi connectivity index (χ2n) is 4.66. The highest BCUT2D eigenvalue weighted by Crippen LogP contribution is 2.31. The summed E-state index contributed by atoms with van der Waals surface area (Å²) in [6, 6.07) is 3.29. The van der Waals surface area contributed by atoms with E-state index in [-0.39, 0.29) is 5.82 Å². The number of tetrazole rings is 1. The largest absolute Gasteiger partial charge is 0.480 e. The van der Waals surface area contributed by atoms with Crippen LogP contribution in [0.2, 0.25) is 0 Å². The van der Waals surface area contributed by atoms with Crippen LogP contribution in [0.15, 0.2) is 24.3 Å². The first-order chi connectivity index (χ1) is 10.3. The molecule has 1 atom stereocenters. The summed E-state index contributed by atoms with van der Waals surface area (Å²) in [6.45, 7) is 1.82. The van der Waals surface area contributed by atoms with Gasteiger partial charge in [-0.2, -0.15) is 13.2 Å². The molecule has 2 aromatic rings. The van der Waals surface area contributed by atoms with E-state index in [1.165, 1.54) is 12.1 Å². The molecule has 0 saturated carbocycles. The predicted octanol–water partition coefficient (Wildman–Crippen LogP) is 2.78. The monoisotopic (exact) mass is 314 g/mol. The summed E-state index contributed by atoms with van der Waals surface area (Å²) in [5.74, 6) is -0.975.